The summed E-state index contributed by atoms with van der Waals surface area (Å²) in [6.07, 6.45) is 6.49. The average molecular weight is 427 g/mol. The molecule has 2 N–H and O–H groups in total. The lowest BCUT2D eigenvalue weighted by molar-refractivity contribution is -0.138. The summed E-state index contributed by atoms with van der Waals surface area (Å²) in [6.45, 7) is 5.25. The van der Waals surface area contributed by atoms with Gasteiger partial charge in [-0.2, -0.15) is 0 Å². The third-order valence-electron chi connectivity index (χ3n) is 5.60. The number of likely N-dealkylation sites (tertiary alicyclic amines) is 1. The molecule has 0 aromatic carbocycles. The fourth-order valence-corrected chi connectivity index (χ4v) is 4.82. The van der Waals surface area contributed by atoms with E-state index in [4.69, 9.17) is 0 Å². The van der Waals surface area contributed by atoms with Gasteiger partial charge in [-0.15, -0.1) is 11.3 Å². The van der Waals surface area contributed by atoms with Crippen LogP contribution in [-0.4, -0.2) is 44.3 Å². The number of pyridine rings is 1. The number of fused-ring (bicyclic) bond motifs is 1. The monoisotopic (exact) mass is 426 g/mol. The molecule has 0 saturated carbocycles. The van der Waals surface area contributed by atoms with E-state index in [0.29, 0.717) is 37.4 Å². The first kappa shape index (κ1) is 20.6. The van der Waals surface area contributed by atoms with Crippen molar-refractivity contribution in [2.24, 2.45) is 5.92 Å². The molecule has 3 aromatic rings. The molecule has 1 aliphatic rings. The summed E-state index contributed by atoms with van der Waals surface area (Å²) in [7, 11) is 0. The predicted octanol–water partition coefficient (Wildman–Crippen LogP) is 2.79. The Labute approximate surface area is 179 Å². The van der Waals surface area contributed by atoms with E-state index in [1.165, 1.54) is 11.3 Å². The second kappa shape index (κ2) is 8.20. The molecule has 1 fully saturated rings. The van der Waals surface area contributed by atoms with Gasteiger partial charge in [-0.25, -0.2) is 4.98 Å². The molecule has 0 atom stereocenters. The maximum absolute atomic E-state index is 12.6. The third-order valence-corrected chi connectivity index (χ3v) is 6.88. The van der Waals surface area contributed by atoms with Crippen LogP contribution in [0.4, 0.5) is 0 Å². The summed E-state index contributed by atoms with van der Waals surface area (Å²) in [5.41, 5.74) is 0.826. The van der Waals surface area contributed by atoms with Crippen molar-refractivity contribution in [2.45, 2.75) is 38.8 Å². The molecule has 0 bridgehead atoms. The normalized spacial score (nSPS) is 16.2. The van der Waals surface area contributed by atoms with Crippen LogP contribution in [0.1, 0.15) is 46.8 Å². The highest BCUT2D eigenvalue weighted by atomic mass is 32.1. The molecule has 3 aromatic heterocycles. The van der Waals surface area contributed by atoms with Crippen LogP contribution < -0.4 is 5.32 Å². The van der Waals surface area contributed by atoms with Crippen LogP contribution in [0, 0.1) is 5.92 Å². The van der Waals surface area contributed by atoms with E-state index in [1.54, 1.807) is 12.3 Å². The Morgan fingerprint density at radius 1 is 1.23 bits per heavy atom. The first-order valence-electron chi connectivity index (χ1n) is 10.2. The first-order chi connectivity index (χ1) is 14.4. The number of piperidine rings is 1. The molecule has 4 rings (SSSR count). The Kier molecular flexibility index (Phi) is 5.62. The van der Waals surface area contributed by atoms with Crippen LogP contribution in [-0.2, 0) is 16.9 Å². The summed E-state index contributed by atoms with van der Waals surface area (Å²) in [4.78, 5) is 32.2. The Morgan fingerprint density at radius 2 is 2.00 bits per heavy atom. The van der Waals surface area contributed by atoms with Crippen molar-refractivity contribution in [1.82, 2.24) is 19.6 Å². The number of nitrogens with one attached hydrogen (secondary N) is 1. The van der Waals surface area contributed by atoms with Gasteiger partial charge in [0.25, 0.3) is 5.91 Å². The standard InChI is InChI=1S/C22H26N4O3S/c1-15(2)21(28)26-10-6-22(29,7-11-26)18-4-3-17(30-18)20(27)24-14-16-5-9-25-12-8-23-19(25)13-16/h3-5,8-9,12-13,15,29H,6-7,10-11,14H2,1-2H3,(H,24,27). The maximum Gasteiger partial charge on any atom is 0.261 e. The van der Waals surface area contributed by atoms with Gasteiger partial charge < -0.3 is 19.7 Å². The van der Waals surface area contributed by atoms with E-state index < -0.39 is 5.60 Å². The van der Waals surface area contributed by atoms with E-state index in [0.717, 1.165) is 16.1 Å². The molecule has 4 heterocycles. The molecule has 0 radical (unpaired) electrons. The molecule has 0 aliphatic carbocycles. The minimum atomic E-state index is -0.983. The van der Waals surface area contributed by atoms with Gasteiger partial charge in [0.15, 0.2) is 0 Å². The average Bonchev–Trinajstić information content (AvgIpc) is 3.41. The van der Waals surface area contributed by atoms with Crippen LogP contribution in [0.15, 0.2) is 42.9 Å². The van der Waals surface area contributed by atoms with Gasteiger partial charge in [-0.3, -0.25) is 9.59 Å². The van der Waals surface area contributed by atoms with E-state index >= 15 is 0 Å². The fraction of sp³-hybridized carbons (Fsp3) is 0.409. The van der Waals surface area contributed by atoms with Crippen molar-refractivity contribution in [3.8, 4) is 0 Å². The zero-order valence-corrected chi connectivity index (χ0v) is 18.0. The van der Waals surface area contributed by atoms with Gasteiger partial charge in [-0.05, 0) is 42.7 Å². The lowest BCUT2D eigenvalue weighted by atomic mass is 9.89. The molecule has 8 heteroatoms. The zero-order valence-electron chi connectivity index (χ0n) is 17.2. The second-order valence-corrected chi connectivity index (χ2v) is 9.17. The molecule has 1 aliphatic heterocycles. The number of imidazole rings is 1. The second-order valence-electron chi connectivity index (χ2n) is 8.09. The summed E-state index contributed by atoms with van der Waals surface area (Å²) in [6, 6.07) is 7.48. The molecular formula is C22H26N4O3S. The minimum absolute atomic E-state index is 0.0394. The molecule has 158 valence electrons. The number of hydrogen-bond acceptors (Lipinski definition) is 5. The van der Waals surface area contributed by atoms with Crippen LogP contribution in [0.25, 0.3) is 5.65 Å². The number of nitrogens with zero attached hydrogens (tertiary/aromatic N) is 3. The highest BCUT2D eigenvalue weighted by molar-refractivity contribution is 7.14. The lowest BCUT2D eigenvalue weighted by Gasteiger charge is -2.38. The summed E-state index contributed by atoms with van der Waals surface area (Å²) >= 11 is 1.32. The Bertz CT molecular complexity index is 1060. The number of carbonyl (C=O) groups excluding carboxylic acids is 2. The zero-order chi connectivity index (χ0) is 21.3. The largest absolute Gasteiger partial charge is 0.384 e. The van der Waals surface area contributed by atoms with Gasteiger partial charge in [0.1, 0.15) is 11.2 Å². The molecule has 1 saturated heterocycles. The first-order valence-corrected chi connectivity index (χ1v) is 11.0. The third kappa shape index (κ3) is 4.11. The number of rotatable bonds is 5. The molecule has 2 amide bonds. The van der Waals surface area contributed by atoms with Crippen molar-refractivity contribution in [2.75, 3.05) is 13.1 Å². The SMILES string of the molecule is CC(C)C(=O)N1CCC(O)(c2ccc(C(=O)NCc3ccn4ccnc4c3)s2)CC1. The maximum atomic E-state index is 12.6. The topological polar surface area (TPSA) is 86.9 Å². The summed E-state index contributed by atoms with van der Waals surface area (Å²) in [5, 5.41) is 14.0. The summed E-state index contributed by atoms with van der Waals surface area (Å²) < 4.78 is 1.91. The predicted molar refractivity (Wildman–Crippen MR) is 115 cm³/mol. The van der Waals surface area contributed by atoms with Crippen LogP contribution in [0.3, 0.4) is 0 Å². The Balaban J connectivity index is 1.37. The number of amides is 2. The Morgan fingerprint density at radius 3 is 2.73 bits per heavy atom. The van der Waals surface area contributed by atoms with E-state index in [2.05, 4.69) is 10.3 Å². The molecule has 0 unspecified atom stereocenters. The summed E-state index contributed by atoms with van der Waals surface area (Å²) in [5.74, 6) is -0.0789. The van der Waals surface area contributed by atoms with Gasteiger partial charge in [0.2, 0.25) is 5.91 Å². The van der Waals surface area contributed by atoms with Gasteiger partial charge >= 0.3 is 0 Å². The van der Waals surface area contributed by atoms with E-state index in [9.17, 15) is 14.7 Å². The highest BCUT2D eigenvalue weighted by Crippen LogP contribution is 2.37. The van der Waals surface area contributed by atoms with E-state index in [-0.39, 0.29) is 17.7 Å². The lowest BCUT2D eigenvalue weighted by Crippen LogP contribution is -2.46. The minimum Gasteiger partial charge on any atom is -0.384 e. The highest BCUT2D eigenvalue weighted by Gasteiger charge is 2.37. The number of aliphatic hydroxyl groups is 1. The van der Waals surface area contributed by atoms with Crippen molar-refractivity contribution in [3.63, 3.8) is 0 Å². The Hall–Kier alpha value is -2.71. The van der Waals surface area contributed by atoms with Crippen LogP contribution in [0.2, 0.25) is 0 Å². The number of carbonyl (C=O) groups is 2. The van der Waals surface area contributed by atoms with Gasteiger partial charge in [-0.1, -0.05) is 13.8 Å². The fourth-order valence-electron chi connectivity index (χ4n) is 3.75. The number of hydrogen-bond donors (Lipinski definition) is 2. The number of thiophene rings is 1. The van der Waals surface area contributed by atoms with Crippen molar-refractivity contribution in [1.29, 1.82) is 0 Å². The molecular weight excluding hydrogens is 400 g/mol. The van der Waals surface area contributed by atoms with Crippen molar-refractivity contribution >= 4 is 28.8 Å². The molecule has 30 heavy (non-hydrogen) atoms. The molecule has 0 spiro atoms. The van der Waals surface area contributed by atoms with Gasteiger partial charge in [0, 0.05) is 49.0 Å². The van der Waals surface area contributed by atoms with E-state index in [1.807, 2.05) is 53.7 Å². The van der Waals surface area contributed by atoms with Gasteiger partial charge in [0.05, 0.1) is 4.88 Å². The van der Waals surface area contributed by atoms with Crippen molar-refractivity contribution < 1.29 is 14.7 Å². The van der Waals surface area contributed by atoms with Crippen LogP contribution in [0.5, 0.6) is 0 Å². The smallest absolute Gasteiger partial charge is 0.261 e. The quantitative estimate of drug-likeness (QED) is 0.657. The molecule has 7 nitrogen and oxygen atoms in total. The van der Waals surface area contributed by atoms with Crippen LogP contribution >= 0.6 is 11.3 Å². The van der Waals surface area contributed by atoms with Crippen molar-refractivity contribution in [3.05, 3.63) is 58.2 Å². The number of aromatic nitrogens is 2.